The van der Waals surface area contributed by atoms with Crippen molar-refractivity contribution >= 4 is 23.5 Å². The molecule has 2 aliphatic heterocycles. The Kier molecular flexibility index (Phi) is 7.37. The number of fused-ring (bicyclic) bond motifs is 1. The van der Waals surface area contributed by atoms with Crippen LogP contribution in [-0.2, 0) is 4.74 Å². The fraction of sp³-hybridized carbons (Fsp3) is 0.400. The third kappa shape index (κ3) is 5.10. The first-order chi connectivity index (χ1) is 15.6. The maximum atomic E-state index is 13.1. The minimum atomic E-state index is -0.307. The molecule has 0 atom stereocenters. The first-order valence-electron chi connectivity index (χ1n) is 11.0. The Morgan fingerprint density at radius 1 is 1.06 bits per heavy atom. The Labute approximate surface area is 193 Å². The van der Waals surface area contributed by atoms with Gasteiger partial charge in [0.1, 0.15) is 17.3 Å². The number of hydrogen-bond acceptors (Lipinski definition) is 6. The average molecular weight is 457 g/mol. The van der Waals surface area contributed by atoms with Crippen LogP contribution in [0.25, 0.3) is 5.76 Å². The van der Waals surface area contributed by atoms with Gasteiger partial charge < -0.3 is 18.7 Å². The van der Waals surface area contributed by atoms with Crippen molar-refractivity contribution in [3.8, 4) is 5.75 Å². The second kappa shape index (κ2) is 10.4. The van der Waals surface area contributed by atoms with Crippen LogP contribution in [0.3, 0.4) is 0 Å². The van der Waals surface area contributed by atoms with Gasteiger partial charge in [-0.05, 0) is 87.2 Å². The standard InChI is InChI=1S/C25H29FN2O3S/c1-30-21-5-3-6-23-24(21)22(31-2)17-28(32-23)14-4-13-27-15-11-19(12-16-27)25(29)18-7-9-20(26)10-8-18/h3,5-10,17,19H,4,11-16H2,1-2H3. The van der Waals surface area contributed by atoms with E-state index in [-0.39, 0.29) is 17.5 Å². The van der Waals surface area contributed by atoms with E-state index in [0.29, 0.717) is 5.56 Å². The molecular formula is C25H29FN2O3S. The molecule has 0 aromatic heterocycles. The maximum absolute atomic E-state index is 13.1. The van der Waals surface area contributed by atoms with Crippen molar-refractivity contribution < 1.29 is 18.7 Å². The molecule has 170 valence electrons. The van der Waals surface area contributed by atoms with E-state index in [1.165, 1.54) is 12.1 Å². The van der Waals surface area contributed by atoms with Gasteiger partial charge in [0.15, 0.2) is 5.78 Å². The molecule has 2 heterocycles. The molecule has 0 bridgehead atoms. The summed E-state index contributed by atoms with van der Waals surface area (Å²) in [4.78, 5) is 16.2. The van der Waals surface area contributed by atoms with Gasteiger partial charge >= 0.3 is 0 Å². The van der Waals surface area contributed by atoms with Crippen LogP contribution in [0.4, 0.5) is 4.39 Å². The van der Waals surface area contributed by atoms with Gasteiger partial charge in [0, 0.05) is 22.9 Å². The number of likely N-dealkylation sites (tertiary alicyclic amines) is 1. The summed E-state index contributed by atoms with van der Waals surface area (Å²) in [6, 6.07) is 11.9. The second-order valence-electron chi connectivity index (χ2n) is 8.10. The largest absolute Gasteiger partial charge is 0.496 e. The third-order valence-electron chi connectivity index (χ3n) is 6.09. The number of carbonyl (C=O) groups is 1. The topological polar surface area (TPSA) is 42.0 Å². The number of ether oxygens (including phenoxy) is 2. The van der Waals surface area contributed by atoms with Gasteiger partial charge in [-0.1, -0.05) is 6.07 Å². The minimum absolute atomic E-state index is 0.0352. The minimum Gasteiger partial charge on any atom is -0.496 e. The fourth-order valence-electron chi connectivity index (χ4n) is 4.33. The molecule has 7 heteroatoms. The molecule has 2 aromatic carbocycles. The number of Topliss-reactive ketones (excluding diaryl/α,β-unsaturated/α-hetero) is 1. The highest BCUT2D eigenvalue weighted by atomic mass is 32.2. The van der Waals surface area contributed by atoms with Crippen LogP contribution in [0.5, 0.6) is 5.75 Å². The van der Waals surface area contributed by atoms with E-state index < -0.39 is 0 Å². The fourth-order valence-corrected chi connectivity index (χ4v) is 5.39. The summed E-state index contributed by atoms with van der Waals surface area (Å²) in [7, 11) is 3.37. The van der Waals surface area contributed by atoms with Gasteiger partial charge in [0.25, 0.3) is 0 Å². The number of carbonyl (C=O) groups excluding carboxylic acids is 1. The molecule has 1 saturated heterocycles. The van der Waals surface area contributed by atoms with E-state index in [0.717, 1.165) is 67.4 Å². The molecule has 0 unspecified atom stereocenters. The van der Waals surface area contributed by atoms with E-state index in [1.54, 1.807) is 38.3 Å². The lowest BCUT2D eigenvalue weighted by atomic mass is 9.89. The Hall–Kier alpha value is -2.51. The highest BCUT2D eigenvalue weighted by molar-refractivity contribution is 7.97. The van der Waals surface area contributed by atoms with Gasteiger partial charge in [-0.2, -0.15) is 0 Å². The number of methoxy groups -OCH3 is 2. The van der Waals surface area contributed by atoms with Gasteiger partial charge in [-0.3, -0.25) is 4.79 Å². The van der Waals surface area contributed by atoms with Gasteiger partial charge in [-0.25, -0.2) is 4.39 Å². The molecule has 0 radical (unpaired) electrons. The quantitative estimate of drug-likeness (QED) is 0.407. The van der Waals surface area contributed by atoms with Crippen LogP contribution in [0.2, 0.25) is 0 Å². The zero-order chi connectivity index (χ0) is 22.5. The van der Waals surface area contributed by atoms with Crippen molar-refractivity contribution in [2.24, 2.45) is 5.92 Å². The highest BCUT2D eigenvalue weighted by Crippen LogP contribution is 2.41. The zero-order valence-corrected chi connectivity index (χ0v) is 19.4. The normalized spacial score (nSPS) is 17.0. The first-order valence-corrected chi connectivity index (χ1v) is 11.8. The SMILES string of the molecule is COC1=CN(CCCN2CCC(C(=O)c3ccc(F)cc3)CC2)Sc2cccc(OC)c21. The number of hydrogen-bond donors (Lipinski definition) is 0. The van der Waals surface area contributed by atoms with Crippen LogP contribution in [0.1, 0.15) is 35.2 Å². The van der Waals surface area contributed by atoms with Crippen molar-refractivity contribution in [3.63, 3.8) is 0 Å². The van der Waals surface area contributed by atoms with Crippen LogP contribution in [-0.4, -0.2) is 55.4 Å². The van der Waals surface area contributed by atoms with Gasteiger partial charge in [-0.15, -0.1) is 0 Å². The van der Waals surface area contributed by atoms with Crippen molar-refractivity contribution in [1.29, 1.82) is 0 Å². The molecule has 0 amide bonds. The lowest BCUT2D eigenvalue weighted by Crippen LogP contribution is -2.37. The monoisotopic (exact) mass is 456 g/mol. The molecule has 2 aromatic rings. The summed E-state index contributed by atoms with van der Waals surface area (Å²) in [5, 5.41) is 0. The van der Waals surface area contributed by atoms with E-state index in [9.17, 15) is 9.18 Å². The Morgan fingerprint density at radius 3 is 2.50 bits per heavy atom. The van der Waals surface area contributed by atoms with E-state index in [4.69, 9.17) is 9.47 Å². The van der Waals surface area contributed by atoms with Crippen LogP contribution >= 0.6 is 11.9 Å². The number of piperidine rings is 1. The first kappa shape index (κ1) is 22.7. The van der Waals surface area contributed by atoms with Crippen LogP contribution in [0, 0.1) is 11.7 Å². The summed E-state index contributed by atoms with van der Waals surface area (Å²) in [5.41, 5.74) is 1.62. The Bertz CT molecular complexity index is 972. The number of halogens is 1. The van der Waals surface area contributed by atoms with Crippen molar-refractivity contribution in [1.82, 2.24) is 9.21 Å². The van der Waals surface area contributed by atoms with E-state index in [1.807, 2.05) is 18.3 Å². The molecule has 5 nitrogen and oxygen atoms in total. The summed E-state index contributed by atoms with van der Waals surface area (Å²) < 4.78 is 26.4. The predicted molar refractivity (Wildman–Crippen MR) is 125 cm³/mol. The molecule has 0 aliphatic carbocycles. The highest BCUT2D eigenvalue weighted by Gasteiger charge is 2.26. The number of ketones is 1. The lowest BCUT2D eigenvalue weighted by molar-refractivity contribution is 0.0839. The Balaban J connectivity index is 1.25. The molecule has 0 saturated carbocycles. The molecule has 2 aliphatic rings. The summed E-state index contributed by atoms with van der Waals surface area (Å²) in [6.07, 6.45) is 4.78. The van der Waals surface area contributed by atoms with Crippen molar-refractivity contribution in [2.75, 3.05) is 40.4 Å². The van der Waals surface area contributed by atoms with Gasteiger partial charge in [0.05, 0.1) is 26.0 Å². The average Bonchev–Trinajstić information content (AvgIpc) is 2.83. The number of benzene rings is 2. The number of nitrogens with zero attached hydrogens (tertiary/aromatic N) is 2. The second-order valence-corrected chi connectivity index (χ2v) is 9.19. The zero-order valence-electron chi connectivity index (χ0n) is 18.6. The molecule has 0 N–H and O–H groups in total. The van der Waals surface area contributed by atoms with Crippen molar-refractivity contribution in [3.05, 3.63) is 65.6 Å². The molecule has 0 spiro atoms. The molecule has 4 rings (SSSR count). The van der Waals surface area contributed by atoms with Crippen LogP contribution in [0.15, 0.2) is 53.6 Å². The van der Waals surface area contributed by atoms with Crippen LogP contribution < -0.4 is 4.74 Å². The molecule has 32 heavy (non-hydrogen) atoms. The number of rotatable bonds is 8. The van der Waals surface area contributed by atoms with E-state index >= 15 is 0 Å². The van der Waals surface area contributed by atoms with Gasteiger partial charge in [0.2, 0.25) is 0 Å². The summed E-state index contributed by atoms with van der Waals surface area (Å²) in [6.45, 7) is 3.74. The Morgan fingerprint density at radius 2 is 1.81 bits per heavy atom. The third-order valence-corrected chi connectivity index (χ3v) is 7.15. The molecule has 1 fully saturated rings. The van der Waals surface area contributed by atoms with E-state index in [2.05, 4.69) is 15.3 Å². The predicted octanol–water partition coefficient (Wildman–Crippen LogP) is 5.09. The lowest BCUT2D eigenvalue weighted by Gasteiger charge is -2.32. The maximum Gasteiger partial charge on any atom is 0.166 e. The summed E-state index contributed by atoms with van der Waals surface area (Å²) >= 11 is 1.70. The summed E-state index contributed by atoms with van der Waals surface area (Å²) in [5.74, 6) is 1.50. The smallest absolute Gasteiger partial charge is 0.166 e. The van der Waals surface area contributed by atoms with Crippen molar-refractivity contribution in [2.45, 2.75) is 24.2 Å². The molecular weight excluding hydrogens is 427 g/mol.